The highest BCUT2D eigenvalue weighted by atomic mass is 16.3. The van der Waals surface area contributed by atoms with Crippen molar-refractivity contribution in [1.29, 1.82) is 0 Å². The summed E-state index contributed by atoms with van der Waals surface area (Å²) in [7, 11) is 0. The summed E-state index contributed by atoms with van der Waals surface area (Å²) in [5.41, 5.74) is 1.08. The number of benzene rings is 1. The lowest BCUT2D eigenvalue weighted by molar-refractivity contribution is -0.124. The topological polar surface area (TPSA) is 49.3 Å². The van der Waals surface area contributed by atoms with E-state index in [1.54, 1.807) is 12.1 Å². The van der Waals surface area contributed by atoms with Gasteiger partial charge in [-0.2, -0.15) is 0 Å². The van der Waals surface area contributed by atoms with Gasteiger partial charge >= 0.3 is 0 Å². The molecule has 106 valence electrons. The van der Waals surface area contributed by atoms with Gasteiger partial charge in [0.25, 0.3) is 0 Å². The van der Waals surface area contributed by atoms with E-state index >= 15 is 0 Å². The van der Waals surface area contributed by atoms with Crippen LogP contribution in [-0.2, 0) is 11.2 Å². The van der Waals surface area contributed by atoms with Gasteiger partial charge in [-0.3, -0.25) is 4.79 Å². The summed E-state index contributed by atoms with van der Waals surface area (Å²) in [6, 6.07) is 7.04. The number of unbranched alkanes of at least 4 members (excludes halogenated alkanes) is 3. The number of carbonyl (C=O) groups is 1. The van der Waals surface area contributed by atoms with E-state index in [4.69, 9.17) is 0 Å². The molecule has 0 aliphatic heterocycles. The first kappa shape index (κ1) is 15.5. The number of amides is 1. The summed E-state index contributed by atoms with van der Waals surface area (Å²) in [6.45, 7) is 4.89. The zero-order valence-electron chi connectivity index (χ0n) is 12.0. The fraction of sp³-hybridized carbons (Fsp3) is 0.562. The molecule has 2 N–H and O–H groups in total. The van der Waals surface area contributed by atoms with Crippen LogP contribution in [0.25, 0.3) is 0 Å². The molecule has 0 aliphatic rings. The predicted octanol–water partition coefficient (Wildman–Crippen LogP) is 3.27. The minimum Gasteiger partial charge on any atom is -0.508 e. The molecule has 1 aromatic carbocycles. The van der Waals surface area contributed by atoms with Crippen molar-refractivity contribution < 1.29 is 9.90 Å². The number of aromatic hydroxyl groups is 1. The zero-order chi connectivity index (χ0) is 14.1. The van der Waals surface area contributed by atoms with Gasteiger partial charge in [0.15, 0.2) is 0 Å². The minimum absolute atomic E-state index is 0.0317. The van der Waals surface area contributed by atoms with Crippen LogP contribution in [0.1, 0.15) is 45.1 Å². The van der Waals surface area contributed by atoms with Crippen LogP contribution in [-0.4, -0.2) is 17.6 Å². The van der Waals surface area contributed by atoms with Gasteiger partial charge in [-0.25, -0.2) is 0 Å². The molecule has 1 unspecified atom stereocenters. The van der Waals surface area contributed by atoms with E-state index in [1.165, 1.54) is 19.3 Å². The van der Waals surface area contributed by atoms with Crippen LogP contribution in [0.3, 0.4) is 0 Å². The van der Waals surface area contributed by atoms with Gasteiger partial charge in [-0.15, -0.1) is 0 Å². The Kier molecular flexibility index (Phi) is 7.01. The highest BCUT2D eigenvalue weighted by molar-refractivity contribution is 5.78. The first-order chi connectivity index (χ1) is 9.13. The quantitative estimate of drug-likeness (QED) is 0.707. The molecule has 0 aliphatic carbocycles. The summed E-state index contributed by atoms with van der Waals surface area (Å²) >= 11 is 0. The van der Waals surface area contributed by atoms with E-state index in [0.717, 1.165) is 18.5 Å². The Morgan fingerprint density at radius 1 is 1.21 bits per heavy atom. The maximum atomic E-state index is 11.9. The lowest BCUT2D eigenvalue weighted by Crippen LogP contribution is -2.31. The monoisotopic (exact) mass is 263 g/mol. The number of phenols is 1. The van der Waals surface area contributed by atoms with Crippen molar-refractivity contribution in [2.24, 2.45) is 5.92 Å². The van der Waals surface area contributed by atoms with Crippen molar-refractivity contribution in [1.82, 2.24) is 5.32 Å². The van der Waals surface area contributed by atoms with Crippen molar-refractivity contribution in [2.45, 2.75) is 46.0 Å². The van der Waals surface area contributed by atoms with E-state index < -0.39 is 0 Å². The summed E-state index contributed by atoms with van der Waals surface area (Å²) in [5.74, 6) is 0.345. The predicted molar refractivity (Wildman–Crippen MR) is 78.1 cm³/mol. The first-order valence-electron chi connectivity index (χ1n) is 7.19. The molecule has 19 heavy (non-hydrogen) atoms. The lowest BCUT2D eigenvalue weighted by atomic mass is 10.0. The van der Waals surface area contributed by atoms with Gasteiger partial charge in [0, 0.05) is 12.5 Å². The van der Waals surface area contributed by atoms with Crippen LogP contribution in [0, 0.1) is 5.92 Å². The van der Waals surface area contributed by atoms with Gasteiger partial charge in [0.05, 0.1) is 0 Å². The van der Waals surface area contributed by atoms with Gasteiger partial charge in [0.1, 0.15) is 5.75 Å². The number of hydrogen-bond acceptors (Lipinski definition) is 2. The Bertz CT molecular complexity index is 373. The molecule has 0 spiro atoms. The molecule has 0 aromatic heterocycles. The van der Waals surface area contributed by atoms with Gasteiger partial charge in [-0.05, 0) is 30.5 Å². The van der Waals surface area contributed by atoms with Crippen LogP contribution < -0.4 is 5.32 Å². The Morgan fingerprint density at radius 3 is 2.53 bits per heavy atom. The van der Waals surface area contributed by atoms with Crippen LogP contribution in [0.4, 0.5) is 0 Å². The number of nitrogens with one attached hydrogen (secondary N) is 1. The zero-order valence-corrected chi connectivity index (χ0v) is 12.0. The van der Waals surface area contributed by atoms with Crippen molar-refractivity contribution in [3.8, 4) is 5.75 Å². The Morgan fingerprint density at radius 2 is 1.89 bits per heavy atom. The fourth-order valence-corrected chi connectivity index (χ4v) is 2.02. The third-order valence-electron chi connectivity index (χ3n) is 3.26. The number of phenolic OH excluding ortho intramolecular Hbond substituents is 1. The molecular formula is C16H25NO2. The number of carbonyl (C=O) groups excluding carboxylic acids is 1. The molecule has 0 bridgehead atoms. The molecule has 1 aromatic rings. The van der Waals surface area contributed by atoms with Crippen LogP contribution in [0.15, 0.2) is 24.3 Å². The molecular weight excluding hydrogens is 238 g/mol. The lowest BCUT2D eigenvalue weighted by Gasteiger charge is -2.12. The number of rotatable bonds is 8. The van der Waals surface area contributed by atoms with Crippen LogP contribution in [0.2, 0.25) is 0 Å². The molecule has 3 heteroatoms. The van der Waals surface area contributed by atoms with Crippen LogP contribution in [0.5, 0.6) is 5.75 Å². The summed E-state index contributed by atoms with van der Waals surface area (Å²) in [4.78, 5) is 11.9. The second kappa shape index (κ2) is 8.57. The van der Waals surface area contributed by atoms with Gasteiger partial charge < -0.3 is 10.4 Å². The van der Waals surface area contributed by atoms with Crippen molar-refractivity contribution in [2.75, 3.05) is 6.54 Å². The molecule has 0 saturated heterocycles. The minimum atomic E-state index is -0.0317. The smallest absolute Gasteiger partial charge is 0.223 e. The highest BCUT2D eigenvalue weighted by Gasteiger charge is 2.12. The van der Waals surface area contributed by atoms with Crippen molar-refractivity contribution in [3.63, 3.8) is 0 Å². The molecule has 1 rings (SSSR count). The molecule has 1 atom stereocenters. The van der Waals surface area contributed by atoms with E-state index in [0.29, 0.717) is 6.42 Å². The molecule has 1 amide bonds. The van der Waals surface area contributed by atoms with E-state index in [2.05, 4.69) is 12.2 Å². The van der Waals surface area contributed by atoms with E-state index in [1.807, 2.05) is 19.1 Å². The van der Waals surface area contributed by atoms with E-state index in [-0.39, 0.29) is 17.6 Å². The first-order valence-corrected chi connectivity index (χ1v) is 7.19. The molecule has 0 fully saturated rings. The fourth-order valence-electron chi connectivity index (χ4n) is 2.02. The average molecular weight is 263 g/mol. The summed E-state index contributed by atoms with van der Waals surface area (Å²) < 4.78 is 0. The second-order valence-electron chi connectivity index (χ2n) is 5.12. The average Bonchev–Trinajstić information content (AvgIpc) is 2.41. The Balaban J connectivity index is 2.26. The standard InChI is InChI=1S/C16H25NO2/c1-3-4-5-6-11-17-16(19)13(2)12-14-7-9-15(18)10-8-14/h7-10,13,18H,3-6,11-12H2,1-2H3,(H,17,19). The second-order valence-corrected chi connectivity index (χ2v) is 5.12. The van der Waals surface area contributed by atoms with Gasteiger partial charge in [0.2, 0.25) is 5.91 Å². The highest BCUT2D eigenvalue weighted by Crippen LogP contribution is 2.13. The van der Waals surface area contributed by atoms with Crippen molar-refractivity contribution in [3.05, 3.63) is 29.8 Å². The van der Waals surface area contributed by atoms with Crippen molar-refractivity contribution >= 4 is 5.91 Å². The molecule has 0 saturated carbocycles. The largest absolute Gasteiger partial charge is 0.508 e. The third kappa shape index (κ3) is 6.27. The molecule has 0 radical (unpaired) electrons. The van der Waals surface area contributed by atoms with Crippen LogP contribution >= 0.6 is 0 Å². The summed E-state index contributed by atoms with van der Waals surface area (Å²) in [6.07, 6.45) is 5.40. The van der Waals surface area contributed by atoms with Gasteiger partial charge in [-0.1, -0.05) is 45.2 Å². The number of hydrogen-bond donors (Lipinski definition) is 2. The maximum Gasteiger partial charge on any atom is 0.223 e. The van der Waals surface area contributed by atoms with E-state index in [9.17, 15) is 9.90 Å². The SMILES string of the molecule is CCCCCCNC(=O)C(C)Cc1ccc(O)cc1. The Hall–Kier alpha value is -1.51. The maximum absolute atomic E-state index is 11.9. The summed E-state index contributed by atoms with van der Waals surface area (Å²) in [5, 5.41) is 12.2. The third-order valence-corrected chi connectivity index (χ3v) is 3.26. The Labute approximate surface area is 116 Å². The normalized spacial score (nSPS) is 12.1. The molecule has 0 heterocycles. The molecule has 3 nitrogen and oxygen atoms in total.